The lowest BCUT2D eigenvalue weighted by Gasteiger charge is -2.18. The number of nitrogens with zero attached hydrogens (tertiary/aromatic N) is 1. The summed E-state index contributed by atoms with van der Waals surface area (Å²) in [6.07, 6.45) is 6.01. The van der Waals surface area contributed by atoms with E-state index in [1.54, 1.807) is 0 Å². The molecule has 108 valence electrons. The predicted octanol–water partition coefficient (Wildman–Crippen LogP) is 4.34. The monoisotopic (exact) mass is 270 g/mol. The van der Waals surface area contributed by atoms with E-state index in [9.17, 15) is 0 Å². The van der Waals surface area contributed by atoms with Crippen molar-refractivity contribution >= 4 is 10.9 Å². The van der Waals surface area contributed by atoms with Crippen LogP contribution in [0.5, 0.6) is 0 Å². The minimum Gasteiger partial charge on any atom is -0.314 e. The summed E-state index contributed by atoms with van der Waals surface area (Å²) in [5.41, 5.74) is 2.31. The van der Waals surface area contributed by atoms with Gasteiger partial charge in [-0.2, -0.15) is 0 Å². The Labute approximate surface area is 122 Å². The molecule has 0 aliphatic rings. The van der Waals surface area contributed by atoms with Gasteiger partial charge in [-0.1, -0.05) is 51.0 Å². The number of hydrogen-bond acceptors (Lipinski definition) is 2. The lowest BCUT2D eigenvalue weighted by molar-refractivity contribution is 0.459. The second-order valence-corrected chi connectivity index (χ2v) is 5.49. The number of hydrogen-bond donors (Lipinski definition) is 1. The Balaban J connectivity index is 2.06. The van der Waals surface area contributed by atoms with Crippen LogP contribution in [-0.4, -0.2) is 17.6 Å². The Morgan fingerprint density at radius 3 is 2.70 bits per heavy atom. The summed E-state index contributed by atoms with van der Waals surface area (Å²) in [5.74, 6) is 0. The van der Waals surface area contributed by atoms with E-state index in [4.69, 9.17) is 4.98 Å². The SMILES string of the molecule is CCCCC(Cc1ccc2ccccc2n1)NCCC. The molecule has 20 heavy (non-hydrogen) atoms. The van der Waals surface area contributed by atoms with E-state index >= 15 is 0 Å². The molecular weight excluding hydrogens is 244 g/mol. The molecule has 0 saturated heterocycles. The molecule has 1 aromatic heterocycles. The molecule has 0 radical (unpaired) electrons. The van der Waals surface area contributed by atoms with E-state index < -0.39 is 0 Å². The smallest absolute Gasteiger partial charge is 0.0705 e. The van der Waals surface area contributed by atoms with Gasteiger partial charge in [0.1, 0.15) is 0 Å². The highest BCUT2D eigenvalue weighted by atomic mass is 14.9. The van der Waals surface area contributed by atoms with Crippen LogP contribution in [0.1, 0.15) is 45.2 Å². The third kappa shape index (κ3) is 4.31. The molecule has 2 aromatic rings. The number of unbranched alkanes of at least 4 members (excludes halogenated alkanes) is 1. The summed E-state index contributed by atoms with van der Waals surface area (Å²) in [7, 11) is 0. The second kappa shape index (κ2) is 8.01. The fourth-order valence-corrected chi connectivity index (χ4v) is 2.55. The standard InChI is InChI=1S/C18H26N2/c1-3-5-9-16(19-13-4-2)14-17-12-11-15-8-6-7-10-18(15)20-17/h6-8,10-12,16,19H,3-5,9,13-14H2,1-2H3. The molecule has 0 bridgehead atoms. The van der Waals surface area contributed by atoms with E-state index in [1.165, 1.54) is 36.8 Å². The maximum atomic E-state index is 4.79. The van der Waals surface area contributed by atoms with Gasteiger partial charge in [-0.3, -0.25) is 4.98 Å². The first-order valence-electron chi connectivity index (χ1n) is 7.91. The summed E-state index contributed by atoms with van der Waals surface area (Å²) >= 11 is 0. The highest BCUT2D eigenvalue weighted by Crippen LogP contribution is 2.14. The van der Waals surface area contributed by atoms with Crippen molar-refractivity contribution in [3.63, 3.8) is 0 Å². The van der Waals surface area contributed by atoms with Crippen molar-refractivity contribution in [2.75, 3.05) is 6.54 Å². The van der Waals surface area contributed by atoms with Crippen molar-refractivity contribution in [2.24, 2.45) is 0 Å². The van der Waals surface area contributed by atoms with Crippen LogP contribution in [-0.2, 0) is 6.42 Å². The van der Waals surface area contributed by atoms with Gasteiger partial charge in [0.15, 0.2) is 0 Å². The molecule has 0 amide bonds. The molecule has 1 aromatic carbocycles. The van der Waals surface area contributed by atoms with E-state index in [0.29, 0.717) is 6.04 Å². The molecule has 0 aliphatic carbocycles. The highest BCUT2D eigenvalue weighted by Gasteiger charge is 2.09. The number of pyridine rings is 1. The topological polar surface area (TPSA) is 24.9 Å². The Kier molecular flexibility index (Phi) is 6.00. The van der Waals surface area contributed by atoms with E-state index in [0.717, 1.165) is 18.5 Å². The minimum absolute atomic E-state index is 0.559. The summed E-state index contributed by atoms with van der Waals surface area (Å²) in [5, 5.41) is 4.89. The van der Waals surface area contributed by atoms with Crippen LogP contribution >= 0.6 is 0 Å². The van der Waals surface area contributed by atoms with Crippen LogP contribution in [0, 0.1) is 0 Å². The van der Waals surface area contributed by atoms with E-state index in [-0.39, 0.29) is 0 Å². The van der Waals surface area contributed by atoms with Gasteiger partial charge in [-0.15, -0.1) is 0 Å². The van der Waals surface area contributed by atoms with Crippen LogP contribution in [0.25, 0.3) is 10.9 Å². The zero-order valence-corrected chi connectivity index (χ0v) is 12.7. The van der Waals surface area contributed by atoms with Gasteiger partial charge < -0.3 is 5.32 Å². The van der Waals surface area contributed by atoms with Crippen molar-refractivity contribution in [3.8, 4) is 0 Å². The molecule has 0 aliphatic heterocycles. The van der Waals surface area contributed by atoms with Crippen LogP contribution in [0.15, 0.2) is 36.4 Å². The second-order valence-electron chi connectivity index (χ2n) is 5.49. The number of nitrogens with one attached hydrogen (secondary N) is 1. The lowest BCUT2D eigenvalue weighted by Crippen LogP contribution is -2.32. The van der Waals surface area contributed by atoms with Crippen LogP contribution < -0.4 is 5.32 Å². The normalized spacial score (nSPS) is 12.7. The fraction of sp³-hybridized carbons (Fsp3) is 0.500. The maximum absolute atomic E-state index is 4.79. The number of para-hydroxylation sites is 1. The molecule has 1 atom stereocenters. The maximum Gasteiger partial charge on any atom is 0.0705 e. The number of fused-ring (bicyclic) bond motifs is 1. The Morgan fingerprint density at radius 2 is 1.90 bits per heavy atom. The van der Waals surface area contributed by atoms with Gasteiger partial charge >= 0.3 is 0 Å². The van der Waals surface area contributed by atoms with Crippen LogP contribution in [0.3, 0.4) is 0 Å². The zero-order chi connectivity index (χ0) is 14.2. The number of benzene rings is 1. The third-order valence-corrected chi connectivity index (χ3v) is 3.70. The molecule has 1 N–H and O–H groups in total. The quantitative estimate of drug-likeness (QED) is 0.772. The molecule has 2 rings (SSSR count). The highest BCUT2D eigenvalue weighted by molar-refractivity contribution is 5.78. The van der Waals surface area contributed by atoms with E-state index in [1.807, 2.05) is 0 Å². The van der Waals surface area contributed by atoms with Crippen molar-refractivity contribution in [1.29, 1.82) is 0 Å². The number of aromatic nitrogens is 1. The summed E-state index contributed by atoms with van der Waals surface area (Å²) < 4.78 is 0. The molecule has 2 nitrogen and oxygen atoms in total. The van der Waals surface area contributed by atoms with Crippen molar-refractivity contribution in [1.82, 2.24) is 10.3 Å². The van der Waals surface area contributed by atoms with Gasteiger partial charge in [0.05, 0.1) is 5.52 Å². The average molecular weight is 270 g/mol. The Bertz CT molecular complexity index is 514. The molecule has 1 unspecified atom stereocenters. The van der Waals surface area contributed by atoms with Gasteiger partial charge in [-0.25, -0.2) is 0 Å². The first kappa shape index (κ1) is 15.0. The van der Waals surface area contributed by atoms with Crippen LogP contribution in [0.4, 0.5) is 0 Å². The van der Waals surface area contributed by atoms with Gasteiger partial charge in [0.25, 0.3) is 0 Å². The predicted molar refractivity (Wildman–Crippen MR) is 87.1 cm³/mol. The first-order valence-corrected chi connectivity index (χ1v) is 7.91. The molecule has 0 spiro atoms. The summed E-state index contributed by atoms with van der Waals surface area (Å²) in [6.45, 7) is 5.57. The Hall–Kier alpha value is -1.41. The third-order valence-electron chi connectivity index (χ3n) is 3.70. The van der Waals surface area contributed by atoms with Gasteiger partial charge in [-0.05, 0) is 31.5 Å². The zero-order valence-electron chi connectivity index (χ0n) is 12.7. The van der Waals surface area contributed by atoms with Gasteiger partial charge in [0.2, 0.25) is 0 Å². The summed E-state index contributed by atoms with van der Waals surface area (Å²) in [6, 6.07) is 13.3. The van der Waals surface area contributed by atoms with Crippen molar-refractivity contribution in [3.05, 3.63) is 42.1 Å². The molecule has 1 heterocycles. The molecular formula is C18H26N2. The van der Waals surface area contributed by atoms with E-state index in [2.05, 4.69) is 55.6 Å². The first-order chi connectivity index (χ1) is 9.83. The number of rotatable bonds is 8. The molecule has 2 heteroatoms. The fourth-order valence-electron chi connectivity index (χ4n) is 2.55. The summed E-state index contributed by atoms with van der Waals surface area (Å²) in [4.78, 5) is 4.79. The van der Waals surface area contributed by atoms with Gasteiger partial charge in [0, 0.05) is 23.5 Å². The minimum atomic E-state index is 0.559. The lowest BCUT2D eigenvalue weighted by atomic mass is 10.0. The Morgan fingerprint density at radius 1 is 1.05 bits per heavy atom. The largest absolute Gasteiger partial charge is 0.314 e. The molecule has 0 fully saturated rings. The molecule has 0 saturated carbocycles. The van der Waals surface area contributed by atoms with Crippen molar-refractivity contribution in [2.45, 2.75) is 52.0 Å². The van der Waals surface area contributed by atoms with Crippen LogP contribution in [0.2, 0.25) is 0 Å². The average Bonchev–Trinajstić information content (AvgIpc) is 2.50. The van der Waals surface area contributed by atoms with Crippen molar-refractivity contribution < 1.29 is 0 Å².